The fourth-order valence-electron chi connectivity index (χ4n) is 2.20. The van der Waals surface area contributed by atoms with Crippen molar-refractivity contribution in [1.29, 1.82) is 0 Å². The number of carbonyl (C=O) groups excluding carboxylic acids is 1. The van der Waals surface area contributed by atoms with Crippen LogP contribution in [0.1, 0.15) is 33.6 Å². The highest BCUT2D eigenvalue weighted by molar-refractivity contribution is 5.72. The lowest BCUT2D eigenvalue weighted by molar-refractivity contribution is -0.150. The minimum Gasteiger partial charge on any atom is -0.466 e. The zero-order chi connectivity index (χ0) is 10.6. The van der Waals surface area contributed by atoms with E-state index < -0.39 is 0 Å². The van der Waals surface area contributed by atoms with Crippen LogP contribution < -0.4 is 5.32 Å². The molecule has 14 heavy (non-hydrogen) atoms. The van der Waals surface area contributed by atoms with E-state index in [1.54, 1.807) is 0 Å². The van der Waals surface area contributed by atoms with Gasteiger partial charge in [-0.15, -0.1) is 0 Å². The lowest BCUT2D eigenvalue weighted by Gasteiger charge is -2.33. The second-order valence-electron chi connectivity index (χ2n) is 4.09. The van der Waals surface area contributed by atoms with Crippen LogP contribution in [-0.2, 0) is 9.53 Å². The second-order valence-corrected chi connectivity index (χ2v) is 4.09. The van der Waals surface area contributed by atoms with Gasteiger partial charge in [0.25, 0.3) is 0 Å². The number of rotatable bonds is 3. The van der Waals surface area contributed by atoms with Gasteiger partial charge >= 0.3 is 5.97 Å². The van der Waals surface area contributed by atoms with E-state index in [1.807, 2.05) is 13.8 Å². The van der Waals surface area contributed by atoms with Crippen molar-refractivity contribution in [3.05, 3.63) is 0 Å². The van der Waals surface area contributed by atoms with E-state index in [1.165, 1.54) is 6.42 Å². The molecule has 1 heterocycles. The Bertz CT molecular complexity index is 194. The van der Waals surface area contributed by atoms with Crippen LogP contribution in [0.3, 0.4) is 0 Å². The average Bonchev–Trinajstić information content (AvgIpc) is 2.18. The number of nitrogens with one attached hydrogen (secondary N) is 1. The minimum atomic E-state index is -0.0481. The molecule has 0 saturated carbocycles. The van der Waals surface area contributed by atoms with Crippen molar-refractivity contribution in [2.24, 2.45) is 11.8 Å². The van der Waals surface area contributed by atoms with Gasteiger partial charge in [-0.05, 0) is 39.2 Å². The Morgan fingerprint density at radius 1 is 1.64 bits per heavy atom. The van der Waals surface area contributed by atoms with Crippen molar-refractivity contribution in [2.45, 2.75) is 39.7 Å². The molecule has 0 aliphatic carbocycles. The molecule has 1 N–H and O–H groups in total. The number of hydrogen-bond donors (Lipinski definition) is 1. The summed E-state index contributed by atoms with van der Waals surface area (Å²) in [5, 5.41) is 3.40. The Labute approximate surface area is 86.2 Å². The largest absolute Gasteiger partial charge is 0.466 e. The van der Waals surface area contributed by atoms with Crippen LogP contribution in [0.2, 0.25) is 0 Å². The first kappa shape index (κ1) is 11.5. The van der Waals surface area contributed by atoms with E-state index in [9.17, 15) is 4.79 Å². The highest BCUT2D eigenvalue weighted by atomic mass is 16.5. The molecule has 0 spiro atoms. The summed E-state index contributed by atoms with van der Waals surface area (Å²) in [5.41, 5.74) is 0. The van der Waals surface area contributed by atoms with Gasteiger partial charge in [-0.1, -0.05) is 6.92 Å². The van der Waals surface area contributed by atoms with E-state index >= 15 is 0 Å². The number of esters is 1. The normalized spacial score (nSPS) is 29.6. The predicted octanol–water partition coefficient (Wildman–Crippen LogP) is 1.57. The van der Waals surface area contributed by atoms with Crippen molar-refractivity contribution in [1.82, 2.24) is 5.32 Å². The fourth-order valence-corrected chi connectivity index (χ4v) is 2.20. The van der Waals surface area contributed by atoms with E-state index in [2.05, 4.69) is 12.2 Å². The molecule has 3 heteroatoms. The van der Waals surface area contributed by atoms with Crippen molar-refractivity contribution in [3.8, 4) is 0 Å². The van der Waals surface area contributed by atoms with Gasteiger partial charge in [0.2, 0.25) is 0 Å². The molecular formula is C11H21NO2. The van der Waals surface area contributed by atoms with Crippen molar-refractivity contribution in [2.75, 3.05) is 13.2 Å². The molecule has 0 radical (unpaired) electrons. The highest BCUT2D eigenvalue weighted by Gasteiger charge is 2.31. The maximum Gasteiger partial charge on any atom is 0.308 e. The van der Waals surface area contributed by atoms with Gasteiger partial charge < -0.3 is 10.1 Å². The first-order chi connectivity index (χ1) is 6.66. The number of hydrogen-bond acceptors (Lipinski definition) is 3. The molecule has 1 rings (SSSR count). The smallest absolute Gasteiger partial charge is 0.308 e. The molecule has 1 aliphatic heterocycles. The third-order valence-electron chi connectivity index (χ3n) is 3.12. The van der Waals surface area contributed by atoms with Crippen LogP contribution >= 0.6 is 0 Å². The summed E-state index contributed by atoms with van der Waals surface area (Å²) in [6.07, 6.45) is 2.30. The lowest BCUT2D eigenvalue weighted by Crippen LogP contribution is -2.43. The Hall–Kier alpha value is -0.570. The molecule has 0 aromatic heterocycles. The molecule has 1 saturated heterocycles. The van der Waals surface area contributed by atoms with Crippen molar-refractivity contribution < 1.29 is 9.53 Å². The van der Waals surface area contributed by atoms with Crippen LogP contribution in [0.25, 0.3) is 0 Å². The Morgan fingerprint density at radius 3 is 2.93 bits per heavy atom. The molecule has 3 nitrogen and oxygen atoms in total. The van der Waals surface area contributed by atoms with Gasteiger partial charge in [-0.25, -0.2) is 0 Å². The van der Waals surface area contributed by atoms with Crippen molar-refractivity contribution in [3.63, 3.8) is 0 Å². The van der Waals surface area contributed by atoms with Gasteiger partial charge in [-0.3, -0.25) is 4.79 Å². The second kappa shape index (κ2) is 5.35. The van der Waals surface area contributed by atoms with Crippen LogP contribution in [0.5, 0.6) is 0 Å². The first-order valence-electron chi connectivity index (χ1n) is 5.56. The lowest BCUT2D eigenvalue weighted by atomic mass is 9.82. The summed E-state index contributed by atoms with van der Waals surface area (Å²) >= 11 is 0. The Morgan fingerprint density at radius 2 is 2.36 bits per heavy atom. The van der Waals surface area contributed by atoms with Gasteiger partial charge in [-0.2, -0.15) is 0 Å². The maximum atomic E-state index is 11.5. The molecule has 0 amide bonds. The van der Waals surface area contributed by atoms with Crippen LogP contribution in [0, 0.1) is 11.8 Å². The Kier molecular flexibility index (Phi) is 4.39. The summed E-state index contributed by atoms with van der Waals surface area (Å²) in [5.74, 6) is 0.411. The zero-order valence-corrected chi connectivity index (χ0v) is 9.38. The summed E-state index contributed by atoms with van der Waals surface area (Å²) in [6.45, 7) is 7.55. The quantitative estimate of drug-likeness (QED) is 0.701. The number of piperidine rings is 1. The van der Waals surface area contributed by atoms with E-state index in [0.717, 1.165) is 13.0 Å². The number of carbonyl (C=O) groups is 1. The molecule has 82 valence electrons. The summed E-state index contributed by atoms with van der Waals surface area (Å²) in [7, 11) is 0. The molecule has 0 aromatic rings. The highest BCUT2D eigenvalue weighted by Crippen LogP contribution is 2.25. The monoisotopic (exact) mass is 199 g/mol. The van der Waals surface area contributed by atoms with Gasteiger partial charge in [0, 0.05) is 6.04 Å². The van der Waals surface area contributed by atoms with Crippen LogP contribution in [0.15, 0.2) is 0 Å². The molecule has 1 fully saturated rings. The minimum absolute atomic E-state index is 0.0257. The maximum absolute atomic E-state index is 11.5. The third-order valence-corrected chi connectivity index (χ3v) is 3.12. The molecule has 1 aliphatic rings. The van der Waals surface area contributed by atoms with E-state index in [-0.39, 0.29) is 11.9 Å². The fraction of sp³-hybridized carbons (Fsp3) is 0.909. The molecule has 0 bridgehead atoms. The van der Waals surface area contributed by atoms with Crippen LogP contribution in [0.4, 0.5) is 0 Å². The van der Waals surface area contributed by atoms with E-state index in [4.69, 9.17) is 4.74 Å². The summed E-state index contributed by atoms with van der Waals surface area (Å²) < 4.78 is 5.04. The van der Waals surface area contributed by atoms with Crippen molar-refractivity contribution >= 4 is 5.97 Å². The van der Waals surface area contributed by atoms with Gasteiger partial charge in [0.15, 0.2) is 0 Å². The topological polar surface area (TPSA) is 38.3 Å². The predicted molar refractivity (Wildman–Crippen MR) is 56.0 cm³/mol. The number of ether oxygens (including phenoxy) is 1. The average molecular weight is 199 g/mol. The molecule has 3 atom stereocenters. The molecule has 3 unspecified atom stereocenters. The van der Waals surface area contributed by atoms with Gasteiger partial charge in [0.05, 0.1) is 12.5 Å². The molecule has 0 aromatic carbocycles. The molecular weight excluding hydrogens is 178 g/mol. The summed E-state index contributed by atoms with van der Waals surface area (Å²) in [6, 6.07) is 0.433. The van der Waals surface area contributed by atoms with Gasteiger partial charge in [0.1, 0.15) is 0 Å². The SMILES string of the molecule is CCOC(=O)C(C)C1CCCNC1C. The summed E-state index contributed by atoms with van der Waals surface area (Å²) in [4.78, 5) is 11.5. The Balaban J connectivity index is 2.48. The zero-order valence-electron chi connectivity index (χ0n) is 9.38. The third kappa shape index (κ3) is 2.71. The van der Waals surface area contributed by atoms with Crippen LogP contribution in [-0.4, -0.2) is 25.2 Å². The first-order valence-corrected chi connectivity index (χ1v) is 5.56. The van der Waals surface area contributed by atoms with E-state index in [0.29, 0.717) is 18.6 Å². The standard InChI is InChI=1S/C11H21NO2/c1-4-14-11(13)8(2)10-6-5-7-12-9(10)3/h8-10,12H,4-7H2,1-3H3.